The Morgan fingerprint density at radius 2 is 1.92 bits per heavy atom. The van der Waals surface area contributed by atoms with Gasteiger partial charge in [-0.2, -0.15) is 9.97 Å². The molecule has 26 heavy (non-hydrogen) atoms. The van der Waals surface area contributed by atoms with Crippen molar-refractivity contribution in [1.29, 1.82) is 0 Å². The molecule has 3 rings (SSSR count). The van der Waals surface area contributed by atoms with Gasteiger partial charge in [-0.25, -0.2) is 9.97 Å². The Labute approximate surface area is 156 Å². The Hall–Kier alpha value is -2.62. The Kier molecular flexibility index (Phi) is 5.40. The first kappa shape index (κ1) is 18.2. The molecule has 0 aliphatic heterocycles. The highest BCUT2D eigenvalue weighted by atomic mass is 32.2. The number of rotatable bonds is 6. The molecule has 10 heteroatoms. The second kappa shape index (κ2) is 7.73. The van der Waals surface area contributed by atoms with Crippen LogP contribution in [-0.2, 0) is 6.54 Å². The van der Waals surface area contributed by atoms with Gasteiger partial charge in [0.15, 0.2) is 11.0 Å². The van der Waals surface area contributed by atoms with Gasteiger partial charge >= 0.3 is 0 Å². The zero-order valence-electron chi connectivity index (χ0n) is 15.4. The van der Waals surface area contributed by atoms with Crippen LogP contribution in [0.5, 0.6) is 0 Å². The minimum absolute atomic E-state index is 0.204. The van der Waals surface area contributed by atoms with Crippen LogP contribution in [0.3, 0.4) is 0 Å². The van der Waals surface area contributed by atoms with Crippen molar-refractivity contribution in [3.63, 3.8) is 0 Å². The van der Waals surface area contributed by atoms with Gasteiger partial charge in [-0.15, -0.1) is 10.2 Å². The lowest BCUT2D eigenvalue weighted by atomic mass is 10.2. The minimum atomic E-state index is 0.204. The molecule has 0 amide bonds. The smallest absolute Gasteiger partial charge is 0.229 e. The lowest BCUT2D eigenvalue weighted by Crippen LogP contribution is -2.16. The summed E-state index contributed by atoms with van der Waals surface area (Å²) in [5, 5.41) is 9.88. The monoisotopic (exact) mass is 371 g/mol. The molecule has 0 aliphatic carbocycles. The van der Waals surface area contributed by atoms with Crippen molar-refractivity contribution in [2.45, 2.75) is 43.5 Å². The van der Waals surface area contributed by atoms with Crippen molar-refractivity contribution in [2.75, 3.05) is 19.0 Å². The van der Waals surface area contributed by atoms with E-state index < -0.39 is 0 Å². The lowest BCUT2D eigenvalue weighted by Gasteiger charge is -2.13. The molecular formula is C16H21N9S. The summed E-state index contributed by atoms with van der Waals surface area (Å²) in [4.78, 5) is 23.9. The van der Waals surface area contributed by atoms with Crippen LogP contribution in [0.1, 0.15) is 32.5 Å². The van der Waals surface area contributed by atoms with Crippen LogP contribution in [0, 0.1) is 0 Å². The number of nitrogens with zero attached hydrogens (tertiary/aromatic N) is 9. The van der Waals surface area contributed by atoms with Gasteiger partial charge < -0.3 is 9.47 Å². The molecule has 0 saturated heterocycles. The summed E-state index contributed by atoms with van der Waals surface area (Å²) in [6, 6.07) is 0. The highest BCUT2D eigenvalue weighted by molar-refractivity contribution is 7.99. The maximum absolute atomic E-state index is 4.57. The van der Waals surface area contributed by atoms with Gasteiger partial charge in [0.2, 0.25) is 11.1 Å². The molecule has 0 fully saturated rings. The molecule has 0 unspecified atom stereocenters. The first-order valence-electron chi connectivity index (χ1n) is 8.30. The number of hydrogen-bond donors (Lipinski definition) is 0. The molecule has 0 bridgehead atoms. The summed E-state index contributed by atoms with van der Waals surface area (Å²) in [7, 11) is 3.82. The quantitative estimate of drug-likeness (QED) is 0.646. The van der Waals surface area contributed by atoms with Gasteiger partial charge in [0.1, 0.15) is 11.5 Å². The zero-order valence-corrected chi connectivity index (χ0v) is 16.3. The topological polar surface area (TPSA) is 98.4 Å². The molecule has 9 nitrogen and oxygen atoms in total. The van der Waals surface area contributed by atoms with E-state index in [9.17, 15) is 0 Å². The fourth-order valence-electron chi connectivity index (χ4n) is 2.20. The van der Waals surface area contributed by atoms with Gasteiger partial charge in [-0.3, -0.25) is 4.98 Å². The third-order valence-electron chi connectivity index (χ3n) is 3.54. The number of anilines is 1. The second-order valence-corrected chi connectivity index (χ2v) is 7.00. The van der Waals surface area contributed by atoms with Gasteiger partial charge in [0, 0.05) is 39.0 Å². The van der Waals surface area contributed by atoms with Gasteiger partial charge in [-0.05, 0) is 18.7 Å². The predicted molar refractivity (Wildman–Crippen MR) is 99.1 cm³/mol. The largest absolute Gasteiger partial charge is 0.347 e. The van der Waals surface area contributed by atoms with Gasteiger partial charge in [0.05, 0.1) is 6.20 Å². The second-order valence-electron chi connectivity index (χ2n) is 6.07. The zero-order chi connectivity index (χ0) is 18.7. The first-order valence-corrected chi connectivity index (χ1v) is 9.12. The van der Waals surface area contributed by atoms with E-state index >= 15 is 0 Å². The molecule has 0 spiro atoms. The Balaban J connectivity index is 1.98. The van der Waals surface area contributed by atoms with Crippen molar-refractivity contribution in [3.8, 4) is 11.5 Å². The average molecular weight is 371 g/mol. The molecule has 0 saturated carbocycles. The molecule has 0 aliphatic rings. The van der Waals surface area contributed by atoms with Crippen molar-refractivity contribution in [3.05, 3.63) is 24.4 Å². The average Bonchev–Trinajstić information content (AvgIpc) is 3.04. The van der Waals surface area contributed by atoms with E-state index in [1.165, 1.54) is 11.8 Å². The van der Waals surface area contributed by atoms with Crippen LogP contribution in [0.15, 0.2) is 28.9 Å². The summed E-state index contributed by atoms with van der Waals surface area (Å²) in [6.45, 7) is 6.85. The van der Waals surface area contributed by atoms with Crippen LogP contribution < -0.4 is 4.90 Å². The van der Waals surface area contributed by atoms with Crippen LogP contribution >= 0.6 is 11.8 Å². The highest BCUT2D eigenvalue weighted by Crippen LogP contribution is 2.28. The number of aromatic nitrogens is 8. The van der Waals surface area contributed by atoms with Crippen molar-refractivity contribution in [1.82, 2.24) is 39.7 Å². The fourth-order valence-corrected chi connectivity index (χ4v) is 3.04. The summed E-state index contributed by atoms with van der Waals surface area (Å²) < 4.78 is 1.98. The molecule has 0 radical (unpaired) electrons. The van der Waals surface area contributed by atoms with Crippen LogP contribution in [0.25, 0.3) is 11.5 Å². The Morgan fingerprint density at radius 3 is 2.54 bits per heavy atom. The van der Waals surface area contributed by atoms with E-state index in [0.29, 0.717) is 34.3 Å². The summed E-state index contributed by atoms with van der Waals surface area (Å²) >= 11 is 1.37. The van der Waals surface area contributed by atoms with Gasteiger partial charge in [-0.1, -0.05) is 13.8 Å². The minimum Gasteiger partial charge on any atom is -0.347 e. The van der Waals surface area contributed by atoms with Crippen LogP contribution in [0.4, 0.5) is 5.95 Å². The molecule has 3 aromatic heterocycles. The molecule has 0 aromatic carbocycles. The maximum atomic E-state index is 4.57. The molecular weight excluding hydrogens is 350 g/mol. The standard InChI is InChI=1S/C16H21N9S/c1-6-25-13(11-9-17-7-8-18-11)22-23-16(25)26-15-20-12(10(2)3)19-14(21-15)24(4)5/h7-10H,6H2,1-5H3. The van der Waals surface area contributed by atoms with E-state index in [2.05, 4.69) is 49.0 Å². The SMILES string of the molecule is CCn1c(Sc2nc(C(C)C)nc(N(C)C)n2)nnc1-c1cnccn1. The van der Waals surface area contributed by atoms with E-state index in [-0.39, 0.29) is 5.92 Å². The van der Waals surface area contributed by atoms with Crippen molar-refractivity contribution >= 4 is 17.7 Å². The molecule has 0 atom stereocenters. The Bertz CT molecular complexity index is 850. The summed E-state index contributed by atoms with van der Waals surface area (Å²) in [6.07, 6.45) is 4.95. The van der Waals surface area contributed by atoms with E-state index in [1.54, 1.807) is 18.6 Å². The van der Waals surface area contributed by atoms with E-state index in [0.717, 1.165) is 5.82 Å². The fraction of sp³-hybridized carbons (Fsp3) is 0.438. The summed E-state index contributed by atoms with van der Waals surface area (Å²) in [5.74, 6) is 2.26. The van der Waals surface area contributed by atoms with Crippen LogP contribution in [-0.4, -0.2) is 53.8 Å². The van der Waals surface area contributed by atoms with E-state index in [1.807, 2.05) is 30.5 Å². The predicted octanol–water partition coefficient (Wildman–Crippen LogP) is 2.28. The normalized spacial score (nSPS) is 11.2. The molecule has 3 aromatic rings. The third kappa shape index (κ3) is 3.79. The van der Waals surface area contributed by atoms with Crippen molar-refractivity contribution < 1.29 is 0 Å². The van der Waals surface area contributed by atoms with Crippen molar-refractivity contribution in [2.24, 2.45) is 0 Å². The highest BCUT2D eigenvalue weighted by Gasteiger charge is 2.18. The molecule has 0 N–H and O–H groups in total. The summed E-state index contributed by atoms with van der Waals surface area (Å²) in [5.41, 5.74) is 0.682. The van der Waals surface area contributed by atoms with Crippen LogP contribution in [0.2, 0.25) is 0 Å². The third-order valence-corrected chi connectivity index (χ3v) is 4.39. The number of hydrogen-bond acceptors (Lipinski definition) is 9. The molecule has 136 valence electrons. The first-order chi connectivity index (χ1) is 12.5. The lowest BCUT2D eigenvalue weighted by molar-refractivity contribution is 0.679. The van der Waals surface area contributed by atoms with E-state index in [4.69, 9.17) is 0 Å². The van der Waals surface area contributed by atoms with Gasteiger partial charge in [0.25, 0.3) is 0 Å². The maximum Gasteiger partial charge on any atom is 0.229 e. The Morgan fingerprint density at radius 1 is 1.12 bits per heavy atom. The molecule has 3 heterocycles.